The summed E-state index contributed by atoms with van der Waals surface area (Å²) in [5.41, 5.74) is 7.67. The van der Waals surface area contributed by atoms with Crippen molar-refractivity contribution >= 4 is 23.4 Å². The van der Waals surface area contributed by atoms with Crippen LogP contribution in [0.15, 0.2) is 24.3 Å². The maximum Gasteiger partial charge on any atom is 0.224 e. The number of benzene rings is 1. The number of carbonyl (C=O) groups is 1. The minimum absolute atomic E-state index is 0.124. The van der Waals surface area contributed by atoms with Gasteiger partial charge in [-0.1, -0.05) is 31.0 Å². The molecule has 1 saturated heterocycles. The maximum atomic E-state index is 12.1. The zero-order valence-electron chi connectivity index (χ0n) is 13.9. The number of nitrogens with one attached hydrogen (secondary N) is 1. The zero-order chi connectivity index (χ0) is 16.3. The topological polar surface area (TPSA) is 58.4 Å². The second kappa shape index (κ2) is 10.7. The fourth-order valence-electron chi connectivity index (χ4n) is 2.78. The Bertz CT molecular complexity index is 475. The summed E-state index contributed by atoms with van der Waals surface area (Å²) in [6.45, 7) is 3.93. The van der Waals surface area contributed by atoms with Gasteiger partial charge in [-0.25, -0.2) is 0 Å². The van der Waals surface area contributed by atoms with Gasteiger partial charge in [0.05, 0.1) is 0 Å². The molecule has 5 heteroatoms. The quantitative estimate of drug-likeness (QED) is 0.681. The number of hydrogen-bond acceptors (Lipinski definition) is 4. The van der Waals surface area contributed by atoms with Crippen molar-refractivity contribution < 1.29 is 4.79 Å². The summed E-state index contributed by atoms with van der Waals surface area (Å²) in [4.78, 5) is 14.6. The normalized spacial score (nSPS) is 15.5. The number of anilines is 1. The van der Waals surface area contributed by atoms with Crippen molar-refractivity contribution in [3.05, 3.63) is 29.8 Å². The predicted octanol–water partition coefficient (Wildman–Crippen LogP) is 3.08. The lowest BCUT2D eigenvalue weighted by atomic mass is 10.1. The van der Waals surface area contributed by atoms with Crippen molar-refractivity contribution in [1.82, 2.24) is 4.90 Å². The summed E-state index contributed by atoms with van der Waals surface area (Å²) in [7, 11) is 0. The van der Waals surface area contributed by atoms with E-state index >= 15 is 0 Å². The number of nitrogens with zero attached hydrogens (tertiary/aromatic N) is 1. The molecule has 1 fully saturated rings. The second-order valence-electron chi connectivity index (χ2n) is 6.05. The summed E-state index contributed by atoms with van der Waals surface area (Å²) in [5.74, 6) is 2.54. The molecule has 0 unspecified atom stereocenters. The number of hydrogen-bond donors (Lipinski definition) is 2. The molecular weight excluding hydrogens is 306 g/mol. The monoisotopic (exact) mass is 335 g/mol. The second-order valence-corrected chi connectivity index (χ2v) is 7.27. The molecule has 128 valence electrons. The van der Waals surface area contributed by atoms with Crippen LogP contribution < -0.4 is 11.1 Å². The van der Waals surface area contributed by atoms with E-state index in [9.17, 15) is 4.79 Å². The molecule has 0 saturated carbocycles. The molecule has 1 heterocycles. The van der Waals surface area contributed by atoms with Gasteiger partial charge in [-0.05, 0) is 31.0 Å². The molecule has 1 aromatic carbocycles. The highest BCUT2D eigenvalue weighted by Crippen LogP contribution is 2.20. The van der Waals surface area contributed by atoms with E-state index in [2.05, 4.69) is 22.3 Å². The van der Waals surface area contributed by atoms with Gasteiger partial charge in [0.1, 0.15) is 0 Å². The number of para-hydroxylation sites is 1. The van der Waals surface area contributed by atoms with Crippen LogP contribution >= 0.6 is 11.8 Å². The number of carbonyl (C=O) groups excluding carboxylic acids is 1. The molecule has 1 aliphatic rings. The summed E-state index contributed by atoms with van der Waals surface area (Å²) < 4.78 is 0. The highest BCUT2D eigenvalue weighted by atomic mass is 32.2. The van der Waals surface area contributed by atoms with E-state index in [4.69, 9.17) is 5.73 Å². The Morgan fingerprint density at radius 3 is 2.65 bits per heavy atom. The molecule has 3 N–H and O–H groups in total. The van der Waals surface area contributed by atoms with Crippen LogP contribution in [-0.2, 0) is 11.3 Å². The standard InChI is InChI=1S/C18H29N3OS/c19-10-6-2-1-3-9-18(22)20-17-8-5-4-7-16(17)15-21-11-13-23-14-12-21/h4-5,7-8H,1-3,6,9-15,19H2,(H,20,22). The Labute approximate surface area is 144 Å². The summed E-state index contributed by atoms with van der Waals surface area (Å²) in [6, 6.07) is 8.18. The molecule has 23 heavy (non-hydrogen) atoms. The average Bonchev–Trinajstić information content (AvgIpc) is 2.57. The van der Waals surface area contributed by atoms with Gasteiger partial charge < -0.3 is 11.1 Å². The van der Waals surface area contributed by atoms with Crippen LogP contribution in [0.4, 0.5) is 5.69 Å². The van der Waals surface area contributed by atoms with Crippen LogP contribution in [0.5, 0.6) is 0 Å². The molecule has 0 spiro atoms. The molecule has 0 radical (unpaired) electrons. The lowest BCUT2D eigenvalue weighted by molar-refractivity contribution is -0.116. The number of nitrogens with two attached hydrogens (primary N) is 1. The molecule has 4 nitrogen and oxygen atoms in total. The maximum absolute atomic E-state index is 12.1. The van der Waals surface area contributed by atoms with Gasteiger partial charge in [-0.2, -0.15) is 11.8 Å². The van der Waals surface area contributed by atoms with Crippen molar-refractivity contribution in [3.63, 3.8) is 0 Å². The van der Waals surface area contributed by atoms with Crippen molar-refractivity contribution in [1.29, 1.82) is 0 Å². The highest BCUT2D eigenvalue weighted by Gasteiger charge is 2.13. The minimum atomic E-state index is 0.124. The van der Waals surface area contributed by atoms with Crippen LogP contribution in [0.1, 0.15) is 37.7 Å². The largest absolute Gasteiger partial charge is 0.330 e. The zero-order valence-corrected chi connectivity index (χ0v) is 14.7. The first kappa shape index (κ1) is 18.3. The Kier molecular flexibility index (Phi) is 8.50. The highest BCUT2D eigenvalue weighted by molar-refractivity contribution is 7.99. The first-order chi connectivity index (χ1) is 11.3. The van der Waals surface area contributed by atoms with Gasteiger partial charge in [-0.3, -0.25) is 9.69 Å². The Morgan fingerprint density at radius 2 is 1.87 bits per heavy atom. The van der Waals surface area contributed by atoms with E-state index in [-0.39, 0.29) is 5.91 Å². The average molecular weight is 336 g/mol. The van der Waals surface area contributed by atoms with Crippen molar-refractivity contribution in [3.8, 4) is 0 Å². The first-order valence-corrected chi connectivity index (χ1v) is 9.83. The third-order valence-electron chi connectivity index (χ3n) is 4.15. The lowest BCUT2D eigenvalue weighted by Crippen LogP contribution is -2.32. The van der Waals surface area contributed by atoms with E-state index in [0.29, 0.717) is 6.42 Å². The van der Waals surface area contributed by atoms with Crippen LogP contribution in [0.3, 0.4) is 0 Å². The molecular formula is C18H29N3OS. The van der Waals surface area contributed by atoms with E-state index < -0.39 is 0 Å². The molecule has 1 aromatic rings. The van der Waals surface area contributed by atoms with Gasteiger partial charge in [0.2, 0.25) is 5.91 Å². The molecule has 0 bridgehead atoms. The van der Waals surface area contributed by atoms with Gasteiger partial charge >= 0.3 is 0 Å². The van der Waals surface area contributed by atoms with E-state index in [1.54, 1.807) is 0 Å². The first-order valence-electron chi connectivity index (χ1n) is 8.67. The molecule has 0 aromatic heterocycles. The van der Waals surface area contributed by atoms with E-state index in [1.165, 1.54) is 17.1 Å². The molecule has 1 aliphatic heterocycles. The SMILES string of the molecule is NCCCCCCC(=O)Nc1ccccc1CN1CCSCC1. The fourth-order valence-corrected chi connectivity index (χ4v) is 3.76. The Morgan fingerprint density at radius 1 is 1.13 bits per heavy atom. The molecule has 1 amide bonds. The van der Waals surface area contributed by atoms with Crippen LogP contribution in [-0.4, -0.2) is 41.9 Å². The van der Waals surface area contributed by atoms with Gasteiger partial charge in [0.25, 0.3) is 0 Å². The fraction of sp³-hybridized carbons (Fsp3) is 0.611. The third-order valence-corrected chi connectivity index (χ3v) is 5.09. The molecule has 2 rings (SSSR count). The third kappa shape index (κ3) is 6.94. The Balaban J connectivity index is 1.80. The predicted molar refractivity (Wildman–Crippen MR) is 99.8 cm³/mol. The van der Waals surface area contributed by atoms with Crippen LogP contribution in [0, 0.1) is 0 Å². The number of rotatable bonds is 9. The summed E-state index contributed by atoms with van der Waals surface area (Å²) in [6.07, 6.45) is 4.79. The van der Waals surface area contributed by atoms with Gasteiger partial charge in [-0.15, -0.1) is 0 Å². The van der Waals surface area contributed by atoms with Gasteiger partial charge in [0, 0.05) is 43.2 Å². The summed E-state index contributed by atoms with van der Waals surface area (Å²) in [5, 5.41) is 3.10. The smallest absolute Gasteiger partial charge is 0.224 e. The Hall–Kier alpha value is -1.04. The number of amides is 1. The minimum Gasteiger partial charge on any atom is -0.330 e. The van der Waals surface area contributed by atoms with Crippen LogP contribution in [0.25, 0.3) is 0 Å². The lowest BCUT2D eigenvalue weighted by Gasteiger charge is -2.27. The number of thioether (sulfide) groups is 1. The van der Waals surface area contributed by atoms with Crippen molar-refractivity contribution in [2.24, 2.45) is 5.73 Å². The summed E-state index contributed by atoms with van der Waals surface area (Å²) >= 11 is 2.02. The van der Waals surface area contributed by atoms with Crippen molar-refractivity contribution in [2.75, 3.05) is 36.5 Å². The van der Waals surface area contributed by atoms with E-state index in [1.807, 2.05) is 23.9 Å². The van der Waals surface area contributed by atoms with Crippen molar-refractivity contribution in [2.45, 2.75) is 38.6 Å². The van der Waals surface area contributed by atoms with Crippen LogP contribution in [0.2, 0.25) is 0 Å². The van der Waals surface area contributed by atoms with Gasteiger partial charge in [0.15, 0.2) is 0 Å². The molecule has 0 atom stereocenters. The molecule has 0 aliphatic carbocycles. The number of unbranched alkanes of at least 4 members (excludes halogenated alkanes) is 3. The van der Waals surface area contributed by atoms with E-state index in [0.717, 1.165) is 57.5 Å².